The summed E-state index contributed by atoms with van der Waals surface area (Å²) in [5, 5.41) is 0. The molecular weight excluding hydrogens is 278 g/mol. The molecule has 2 aromatic carbocycles. The van der Waals surface area contributed by atoms with Crippen molar-refractivity contribution in [1.82, 2.24) is 0 Å². The van der Waals surface area contributed by atoms with Gasteiger partial charge in [0.05, 0.1) is 11.4 Å². The van der Waals surface area contributed by atoms with E-state index in [0.29, 0.717) is 24.5 Å². The lowest BCUT2D eigenvalue weighted by molar-refractivity contribution is -0.118. The first kappa shape index (κ1) is 14.6. The number of nitrogens with zero attached hydrogens (tertiary/aromatic N) is 1. The van der Waals surface area contributed by atoms with Gasteiger partial charge in [0.25, 0.3) is 0 Å². The topological polar surface area (TPSA) is 38.8 Å². The highest BCUT2D eigenvalue weighted by molar-refractivity contribution is 6.04. The number of hydrogen-bond acceptors (Lipinski definition) is 3. The highest BCUT2D eigenvalue weighted by Crippen LogP contribution is 2.46. The molecule has 4 heteroatoms. The second kappa shape index (κ2) is 6.62. The molecule has 3 rings (SSSR count). The first-order valence-corrected chi connectivity index (χ1v) is 7.49. The molecule has 0 N–H and O–H groups in total. The summed E-state index contributed by atoms with van der Waals surface area (Å²) in [6, 6.07) is 15.3. The van der Waals surface area contributed by atoms with E-state index in [1.165, 1.54) is 0 Å². The summed E-state index contributed by atoms with van der Waals surface area (Å²) in [4.78, 5) is 14.5. The molecule has 4 nitrogen and oxygen atoms in total. The van der Waals surface area contributed by atoms with E-state index in [0.717, 1.165) is 24.2 Å². The van der Waals surface area contributed by atoms with Crippen molar-refractivity contribution in [2.24, 2.45) is 0 Å². The first-order valence-electron chi connectivity index (χ1n) is 7.49. The van der Waals surface area contributed by atoms with E-state index in [-0.39, 0.29) is 5.91 Å². The molecule has 0 atom stereocenters. The number of benzene rings is 2. The van der Waals surface area contributed by atoms with Gasteiger partial charge >= 0.3 is 0 Å². The second-order valence-electron chi connectivity index (χ2n) is 5.22. The number of ether oxygens (including phenoxy) is 2. The van der Waals surface area contributed by atoms with Crippen LogP contribution in [0.1, 0.15) is 19.3 Å². The Balaban J connectivity index is 1.88. The highest BCUT2D eigenvalue weighted by Gasteiger charge is 2.28. The van der Waals surface area contributed by atoms with Crippen molar-refractivity contribution in [2.75, 3.05) is 18.6 Å². The van der Waals surface area contributed by atoms with E-state index in [1.807, 2.05) is 48.5 Å². The van der Waals surface area contributed by atoms with Gasteiger partial charge in [0, 0.05) is 20.1 Å². The van der Waals surface area contributed by atoms with Crippen LogP contribution in [0, 0.1) is 0 Å². The Bertz CT molecular complexity index is 623. The van der Waals surface area contributed by atoms with Crippen LogP contribution in [0.15, 0.2) is 48.5 Å². The second-order valence-corrected chi connectivity index (χ2v) is 5.22. The summed E-state index contributed by atoms with van der Waals surface area (Å²) < 4.78 is 10.9. The molecule has 0 saturated heterocycles. The van der Waals surface area contributed by atoms with Crippen molar-refractivity contribution >= 4 is 17.3 Å². The van der Waals surface area contributed by atoms with Crippen LogP contribution in [0.25, 0.3) is 0 Å². The molecule has 1 aliphatic heterocycles. The molecule has 114 valence electrons. The van der Waals surface area contributed by atoms with Crippen LogP contribution >= 0.6 is 0 Å². The van der Waals surface area contributed by atoms with Crippen LogP contribution in [0.5, 0.6) is 11.5 Å². The Morgan fingerprint density at radius 2 is 1.59 bits per heavy atom. The zero-order valence-corrected chi connectivity index (χ0v) is 12.6. The lowest BCUT2D eigenvalue weighted by Gasteiger charge is -2.31. The molecule has 0 unspecified atom stereocenters. The maximum Gasteiger partial charge on any atom is 0.231 e. The number of unbranched alkanes of at least 4 members (excludes halogenated alkanes) is 1. The van der Waals surface area contributed by atoms with Crippen molar-refractivity contribution < 1.29 is 14.3 Å². The summed E-state index contributed by atoms with van der Waals surface area (Å²) in [5.74, 6) is 1.51. The summed E-state index contributed by atoms with van der Waals surface area (Å²) >= 11 is 0. The average Bonchev–Trinajstić information content (AvgIpc) is 2.56. The van der Waals surface area contributed by atoms with Gasteiger partial charge in [-0.2, -0.15) is 0 Å². The van der Waals surface area contributed by atoms with Crippen molar-refractivity contribution in [3.8, 4) is 11.5 Å². The number of para-hydroxylation sites is 4. The minimum absolute atomic E-state index is 0.0827. The van der Waals surface area contributed by atoms with Crippen LogP contribution in [0.3, 0.4) is 0 Å². The predicted octanol–water partition coefficient (Wildman–Crippen LogP) is 4.27. The van der Waals surface area contributed by atoms with Gasteiger partial charge in [-0.05, 0) is 37.1 Å². The van der Waals surface area contributed by atoms with Crippen molar-refractivity contribution in [2.45, 2.75) is 19.3 Å². The zero-order valence-electron chi connectivity index (χ0n) is 12.6. The smallest absolute Gasteiger partial charge is 0.231 e. The number of amides is 1. The number of methoxy groups -OCH3 is 1. The Morgan fingerprint density at radius 1 is 1.00 bits per heavy atom. The van der Waals surface area contributed by atoms with Gasteiger partial charge in [-0.1, -0.05) is 24.3 Å². The average molecular weight is 297 g/mol. The first-order chi connectivity index (χ1) is 10.8. The van der Waals surface area contributed by atoms with E-state index in [9.17, 15) is 4.79 Å². The number of fused-ring (bicyclic) bond motifs is 2. The van der Waals surface area contributed by atoms with Crippen LogP contribution in [0.4, 0.5) is 11.4 Å². The minimum atomic E-state index is 0.0827. The van der Waals surface area contributed by atoms with Gasteiger partial charge in [-0.3, -0.25) is 9.69 Å². The fourth-order valence-corrected chi connectivity index (χ4v) is 2.61. The number of carbonyl (C=O) groups is 1. The lowest BCUT2D eigenvalue weighted by atomic mass is 10.1. The van der Waals surface area contributed by atoms with Gasteiger partial charge < -0.3 is 9.47 Å². The van der Waals surface area contributed by atoms with Gasteiger partial charge in [-0.25, -0.2) is 0 Å². The predicted molar refractivity (Wildman–Crippen MR) is 85.8 cm³/mol. The molecule has 0 bridgehead atoms. The molecule has 1 heterocycles. The third-order valence-electron chi connectivity index (χ3n) is 3.67. The van der Waals surface area contributed by atoms with E-state index < -0.39 is 0 Å². The van der Waals surface area contributed by atoms with E-state index in [1.54, 1.807) is 12.0 Å². The minimum Gasteiger partial charge on any atom is -0.453 e. The fraction of sp³-hybridized carbons (Fsp3) is 0.278. The van der Waals surface area contributed by atoms with Gasteiger partial charge in [0.2, 0.25) is 5.91 Å². The number of anilines is 2. The van der Waals surface area contributed by atoms with Crippen molar-refractivity contribution in [3.05, 3.63) is 48.5 Å². The third kappa shape index (κ3) is 2.83. The largest absolute Gasteiger partial charge is 0.453 e. The number of rotatable bonds is 5. The van der Waals surface area contributed by atoms with E-state index in [2.05, 4.69) is 0 Å². The Hall–Kier alpha value is -2.33. The maximum atomic E-state index is 12.7. The molecule has 0 radical (unpaired) electrons. The van der Waals surface area contributed by atoms with Gasteiger partial charge in [0.15, 0.2) is 11.5 Å². The highest BCUT2D eigenvalue weighted by atomic mass is 16.5. The summed E-state index contributed by atoms with van der Waals surface area (Å²) in [6.45, 7) is 0.684. The van der Waals surface area contributed by atoms with Gasteiger partial charge in [0.1, 0.15) is 0 Å². The van der Waals surface area contributed by atoms with Gasteiger partial charge in [-0.15, -0.1) is 0 Å². The molecule has 0 aromatic heterocycles. The molecule has 1 aliphatic rings. The Labute approximate surface area is 130 Å². The molecule has 0 spiro atoms. The van der Waals surface area contributed by atoms with Crippen LogP contribution in [-0.4, -0.2) is 19.6 Å². The zero-order chi connectivity index (χ0) is 15.4. The standard InChI is InChI=1S/C18H19NO3/c1-21-13-7-6-12-18(20)19-14-8-2-4-10-16(14)22-17-11-5-3-9-15(17)19/h2-5,8-11H,6-7,12-13H2,1H3. The molecule has 22 heavy (non-hydrogen) atoms. The SMILES string of the molecule is COCCCCC(=O)N1c2ccccc2Oc2ccccc21. The van der Waals surface area contributed by atoms with Crippen molar-refractivity contribution in [1.29, 1.82) is 0 Å². The summed E-state index contributed by atoms with van der Waals surface area (Å²) in [5.41, 5.74) is 1.61. The van der Waals surface area contributed by atoms with Crippen LogP contribution in [-0.2, 0) is 9.53 Å². The third-order valence-corrected chi connectivity index (χ3v) is 3.67. The lowest BCUT2D eigenvalue weighted by Crippen LogP contribution is -2.28. The number of hydrogen-bond donors (Lipinski definition) is 0. The Kier molecular flexibility index (Phi) is 4.39. The summed E-state index contributed by atoms with van der Waals surface area (Å²) in [7, 11) is 1.68. The quantitative estimate of drug-likeness (QED) is 0.773. The normalized spacial score (nSPS) is 12.3. The molecule has 0 aliphatic carbocycles. The molecular formula is C18H19NO3. The van der Waals surface area contributed by atoms with Crippen LogP contribution < -0.4 is 9.64 Å². The Morgan fingerprint density at radius 3 is 2.18 bits per heavy atom. The fourth-order valence-electron chi connectivity index (χ4n) is 2.61. The molecule has 1 amide bonds. The monoisotopic (exact) mass is 297 g/mol. The van der Waals surface area contributed by atoms with Crippen LogP contribution in [0.2, 0.25) is 0 Å². The molecule has 2 aromatic rings. The number of carbonyl (C=O) groups excluding carboxylic acids is 1. The van der Waals surface area contributed by atoms with E-state index in [4.69, 9.17) is 9.47 Å². The summed E-state index contributed by atoms with van der Waals surface area (Å²) in [6.07, 6.45) is 2.19. The van der Waals surface area contributed by atoms with E-state index >= 15 is 0 Å². The maximum absolute atomic E-state index is 12.7. The van der Waals surface area contributed by atoms with Crippen molar-refractivity contribution in [3.63, 3.8) is 0 Å². The molecule has 0 saturated carbocycles. The molecule has 0 fully saturated rings.